The molecular formula is C13H26N4. The van der Waals surface area contributed by atoms with E-state index >= 15 is 0 Å². The summed E-state index contributed by atoms with van der Waals surface area (Å²) in [5.74, 6) is 1.51. The summed E-state index contributed by atoms with van der Waals surface area (Å²) in [7, 11) is 4.04. The Bertz CT molecular complexity index is 368. The fourth-order valence-corrected chi connectivity index (χ4v) is 2.18. The Morgan fingerprint density at radius 3 is 2.35 bits per heavy atom. The van der Waals surface area contributed by atoms with Gasteiger partial charge in [0.25, 0.3) is 0 Å². The van der Waals surface area contributed by atoms with Gasteiger partial charge in [-0.1, -0.05) is 13.8 Å². The lowest BCUT2D eigenvalue weighted by Gasteiger charge is -2.26. The summed E-state index contributed by atoms with van der Waals surface area (Å²) in [6.07, 6.45) is 1.20. The molecule has 1 rings (SSSR count). The fraction of sp³-hybridized carbons (Fsp3) is 0.769. The summed E-state index contributed by atoms with van der Waals surface area (Å²) in [6.45, 7) is 9.68. The first-order valence-corrected chi connectivity index (χ1v) is 6.31. The number of aromatic nitrogens is 2. The zero-order chi connectivity index (χ0) is 13.2. The van der Waals surface area contributed by atoms with Gasteiger partial charge in [-0.05, 0) is 33.2 Å². The second-order valence-electron chi connectivity index (χ2n) is 5.47. The molecule has 1 aromatic rings. The number of nitrogens with two attached hydrogens (primary N) is 1. The van der Waals surface area contributed by atoms with Crippen LogP contribution >= 0.6 is 0 Å². The maximum Gasteiger partial charge on any atom is 0.126 e. The van der Waals surface area contributed by atoms with Gasteiger partial charge in [0.1, 0.15) is 5.82 Å². The summed E-state index contributed by atoms with van der Waals surface area (Å²) < 4.78 is 1.76. The van der Waals surface area contributed by atoms with E-state index < -0.39 is 0 Å². The highest BCUT2D eigenvalue weighted by molar-refractivity contribution is 5.42. The topological polar surface area (TPSA) is 47.1 Å². The zero-order valence-electron chi connectivity index (χ0n) is 12.0. The molecule has 0 bridgehead atoms. The number of aryl methyl sites for hydroxylation is 2. The number of nitrogens with zero attached hydrogens (tertiary/aromatic N) is 3. The molecule has 0 fully saturated rings. The molecule has 0 aromatic carbocycles. The van der Waals surface area contributed by atoms with Crippen molar-refractivity contribution in [3.63, 3.8) is 0 Å². The SMILES string of the molecule is Cc1nn(C)c(N)c1CN(C)C(C)CC(C)C. The molecule has 0 amide bonds. The average Bonchev–Trinajstić information content (AvgIpc) is 2.44. The quantitative estimate of drug-likeness (QED) is 0.855. The predicted molar refractivity (Wildman–Crippen MR) is 72.7 cm³/mol. The van der Waals surface area contributed by atoms with Crippen LogP contribution in [0.25, 0.3) is 0 Å². The molecule has 98 valence electrons. The minimum atomic E-state index is 0.564. The van der Waals surface area contributed by atoms with E-state index in [-0.39, 0.29) is 0 Å². The number of rotatable bonds is 5. The normalized spacial score (nSPS) is 13.6. The third-order valence-electron chi connectivity index (χ3n) is 3.37. The van der Waals surface area contributed by atoms with E-state index in [2.05, 4.69) is 37.8 Å². The van der Waals surface area contributed by atoms with Crippen LogP contribution in [0.15, 0.2) is 0 Å². The van der Waals surface area contributed by atoms with E-state index in [1.807, 2.05) is 14.0 Å². The molecule has 4 nitrogen and oxygen atoms in total. The minimum Gasteiger partial charge on any atom is -0.384 e. The molecule has 0 aliphatic heterocycles. The summed E-state index contributed by atoms with van der Waals surface area (Å²) in [4.78, 5) is 2.35. The predicted octanol–water partition coefficient (Wildman–Crippen LogP) is 2.18. The molecule has 1 unspecified atom stereocenters. The maximum atomic E-state index is 6.03. The molecule has 0 spiro atoms. The van der Waals surface area contributed by atoms with Crippen LogP contribution in [0, 0.1) is 12.8 Å². The highest BCUT2D eigenvalue weighted by Gasteiger charge is 2.16. The highest BCUT2D eigenvalue weighted by Crippen LogP contribution is 2.19. The van der Waals surface area contributed by atoms with Crippen molar-refractivity contribution >= 4 is 5.82 Å². The third kappa shape index (κ3) is 3.46. The number of nitrogen functional groups attached to an aromatic ring is 1. The molecule has 0 aliphatic rings. The van der Waals surface area contributed by atoms with E-state index in [1.54, 1.807) is 4.68 Å². The van der Waals surface area contributed by atoms with Crippen LogP contribution < -0.4 is 5.73 Å². The second kappa shape index (κ2) is 5.54. The van der Waals surface area contributed by atoms with Gasteiger partial charge in [0, 0.05) is 25.2 Å². The van der Waals surface area contributed by atoms with Gasteiger partial charge in [-0.3, -0.25) is 9.58 Å². The van der Waals surface area contributed by atoms with E-state index in [0.29, 0.717) is 6.04 Å². The van der Waals surface area contributed by atoms with Gasteiger partial charge in [0.05, 0.1) is 5.69 Å². The standard InChI is InChI=1S/C13H26N4/c1-9(2)7-10(3)16(5)8-12-11(4)15-17(6)13(12)14/h9-10H,7-8,14H2,1-6H3. The molecule has 0 aliphatic carbocycles. The molecule has 1 heterocycles. The van der Waals surface area contributed by atoms with Crippen molar-refractivity contribution in [2.45, 2.75) is 46.7 Å². The third-order valence-corrected chi connectivity index (χ3v) is 3.37. The van der Waals surface area contributed by atoms with E-state index in [0.717, 1.165) is 29.5 Å². The maximum absolute atomic E-state index is 6.03. The van der Waals surface area contributed by atoms with Crippen molar-refractivity contribution in [2.24, 2.45) is 13.0 Å². The van der Waals surface area contributed by atoms with Crippen LogP contribution in [0.1, 0.15) is 38.4 Å². The molecule has 1 atom stereocenters. The first-order chi connectivity index (χ1) is 7.82. The van der Waals surface area contributed by atoms with Gasteiger partial charge in [-0.15, -0.1) is 0 Å². The Hall–Kier alpha value is -1.03. The van der Waals surface area contributed by atoms with E-state index in [1.165, 1.54) is 6.42 Å². The van der Waals surface area contributed by atoms with Gasteiger partial charge in [-0.25, -0.2) is 0 Å². The van der Waals surface area contributed by atoms with Crippen molar-refractivity contribution in [1.29, 1.82) is 0 Å². The van der Waals surface area contributed by atoms with Crippen molar-refractivity contribution in [3.05, 3.63) is 11.3 Å². The number of hydrogen-bond donors (Lipinski definition) is 1. The number of anilines is 1. The molecule has 17 heavy (non-hydrogen) atoms. The smallest absolute Gasteiger partial charge is 0.126 e. The van der Waals surface area contributed by atoms with Gasteiger partial charge in [0.2, 0.25) is 0 Å². The minimum absolute atomic E-state index is 0.564. The van der Waals surface area contributed by atoms with Crippen LogP contribution in [0.4, 0.5) is 5.82 Å². The van der Waals surface area contributed by atoms with Crippen molar-refractivity contribution < 1.29 is 0 Å². The van der Waals surface area contributed by atoms with Crippen molar-refractivity contribution in [3.8, 4) is 0 Å². The zero-order valence-corrected chi connectivity index (χ0v) is 12.0. The molecule has 4 heteroatoms. The summed E-state index contributed by atoms with van der Waals surface area (Å²) in [5, 5.41) is 4.35. The Kier molecular flexibility index (Phi) is 4.57. The van der Waals surface area contributed by atoms with E-state index in [4.69, 9.17) is 5.73 Å². The molecule has 0 radical (unpaired) electrons. The lowest BCUT2D eigenvalue weighted by atomic mass is 10.0. The molecular weight excluding hydrogens is 212 g/mol. The van der Waals surface area contributed by atoms with Crippen LogP contribution in [0.5, 0.6) is 0 Å². The first kappa shape index (κ1) is 14.0. The van der Waals surface area contributed by atoms with Gasteiger partial charge in [-0.2, -0.15) is 5.10 Å². The molecule has 2 N–H and O–H groups in total. The Morgan fingerprint density at radius 2 is 1.94 bits per heavy atom. The van der Waals surface area contributed by atoms with E-state index in [9.17, 15) is 0 Å². The summed E-state index contributed by atoms with van der Waals surface area (Å²) in [5.41, 5.74) is 8.22. The van der Waals surface area contributed by atoms with Gasteiger partial charge < -0.3 is 5.73 Å². The first-order valence-electron chi connectivity index (χ1n) is 6.31. The highest BCUT2D eigenvalue weighted by atomic mass is 15.3. The lowest BCUT2D eigenvalue weighted by Crippen LogP contribution is -2.30. The molecule has 0 saturated carbocycles. The van der Waals surface area contributed by atoms with Crippen LogP contribution in [0.3, 0.4) is 0 Å². The Labute approximate surface area is 105 Å². The van der Waals surface area contributed by atoms with Gasteiger partial charge >= 0.3 is 0 Å². The Morgan fingerprint density at radius 1 is 1.35 bits per heavy atom. The fourth-order valence-electron chi connectivity index (χ4n) is 2.18. The second-order valence-corrected chi connectivity index (χ2v) is 5.47. The van der Waals surface area contributed by atoms with Crippen LogP contribution in [-0.2, 0) is 13.6 Å². The van der Waals surface area contributed by atoms with Crippen molar-refractivity contribution in [1.82, 2.24) is 14.7 Å². The van der Waals surface area contributed by atoms with Crippen LogP contribution in [0.2, 0.25) is 0 Å². The van der Waals surface area contributed by atoms with Crippen molar-refractivity contribution in [2.75, 3.05) is 12.8 Å². The molecule has 0 saturated heterocycles. The summed E-state index contributed by atoms with van der Waals surface area (Å²) >= 11 is 0. The lowest BCUT2D eigenvalue weighted by molar-refractivity contribution is 0.220. The number of hydrogen-bond acceptors (Lipinski definition) is 3. The Balaban J connectivity index is 2.70. The van der Waals surface area contributed by atoms with Crippen LogP contribution in [-0.4, -0.2) is 27.8 Å². The summed E-state index contributed by atoms with van der Waals surface area (Å²) in [6, 6.07) is 0.564. The van der Waals surface area contributed by atoms with Gasteiger partial charge in [0.15, 0.2) is 0 Å². The monoisotopic (exact) mass is 238 g/mol. The average molecular weight is 238 g/mol. The molecule has 1 aromatic heterocycles. The largest absolute Gasteiger partial charge is 0.384 e.